The predicted octanol–water partition coefficient (Wildman–Crippen LogP) is 1.13. The maximum absolute atomic E-state index is 5.58. The van der Waals surface area contributed by atoms with Gasteiger partial charge in [-0.3, -0.25) is 4.98 Å². The molecule has 1 heterocycles. The average Bonchev–Trinajstić information content (AvgIpc) is 2.89. The van der Waals surface area contributed by atoms with Crippen molar-refractivity contribution in [3.63, 3.8) is 0 Å². The second kappa shape index (κ2) is 7.70. The number of rotatable bonds is 3. The zero-order chi connectivity index (χ0) is 8.39. The number of hydrogen-bond acceptors (Lipinski definition) is 3. The van der Waals surface area contributed by atoms with Crippen LogP contribution < -0.4 is 11.1 Å². The summed E-state index contributed by atoms with van der Waals surface area (Å²) in [4.78, 5) is 4.06. The van der Waals surface area contributed by atoms with Crippen LogP contribution in [0.25, 0.3) is 0 Å². The van der Waals surface area contributed by atoms with Gasteiger partial charge in [0.2, 0.25) is 0 Å². The lowest BCUT2D eigenvalue weighted by molar-refractivity contribution is 0.824. The summed E-state index contributed by atoms with van der Waals surface area (Å²) in [6, 6.07) is 2.63. The number of aromatic nitrogens is 1. The number of pyridine rings is 1. The van der Waals surface area contributed by atoms with Crippen LogP contribution in [0, 0.1) is 0 Å². The Morgan fingerprint density at radius 1 is 1.40 bits per heavy atom. The van der Waals surface area contributed by atoms with Gasteiger partial charge in [-0.25, -0.2) is 0 Å². The molecular formula is C9H17Cl2N3O. The number of nitrogens with zero attached hydrogens (tertiary/aromatic N) is 1. The van der Waals surface area contributed by atoms with Crippen molar-refractivity contribution in [1.82, 2.24) is 4.98 Å². The van der Waals surface area contributed by atoms with Crippen LogP contribution in [0.5, 0.6) is 0 Å². The third-order valence-electron chi connectivity index (χ3n) is 2.07. The van der Waals surface area contributed by atoms with Gasteiger partial charge in [0, 0.05) is 18.8 Å². The lowest BCUT2D eigenvalue weighted by atomic mass is 10.2. The van der Waals surface area contributed by atoms with Crippen LogP contribution in [0.4, 0.5) is 5.69 Å². The smallest absolute Gasteiger partial charge is 0.0574 e. The second-order valence-corrected chi connectivity index (χ2v) is 3.16. The van der Waals surface area contributed by atoms with Crippen LogP contribution in [-0.2, 0) is 6.54 Å². The molecule has 88 valence electrons. The molecular weight excluding hydrogens is 237 g/mol. The number of nitrogens with one attached hydrogen (secondary N) is 1. The van der Waals surface area contributed by atoms with Crippen LogP contribution in [0.3, 0.4) is 0 Å². The zero-order valence-electron chi connectivity index (χ0n) is 8.27. The molecule has 0 saturated heterocycles. The Kier molecular flexibility index (Phi) is 8.66. The summed E-state index contributed by atoms with van der Waals surface area (Å²) in [5.41, 5.74) is 7.83. The van der Waals surface area contributed by atoms with Crippen molar-refractivity contribution in [3.05, 3.63) is 24.0 Å². The summed E-state index contributed by atoms with van der Waals surface area (Å²) in [7, 11) is 0. The molecule has 0 aromatic carbocycles. The molecule has 5 N–H and O–H groups in total. The minimum atomic E-state index is 0. The van der Waals surface area contributed by atoms with E-state index < -0.39 is 0 Å². The molecule has 1 aliphatic carbocycles. The van der Waals surface area contributed by atoms with Gasteiger partial charge in [0.05, 0.1) is 11.9 Å². The Labute approximate surface area is 102 Å². The largest absolute Gasteiger partial charge is 0.412 e. The topological polar surface area (TPSA) is 82.4 Å². The summed E-state index contributed by atoms with van der Waals surface area (Å²) < 4.78 is 0. The normalized spacial score (nSPS) is 12.9. The fourth-order valence-corrected chi connectivity index (χ4v) is 1.18. The molecule has 0 atom stereocenters. The Morgan fingerprint density at radius 2 is 2.07 bits per heavy atom. The van der Waals surface area contributed by atoms with Gasteiger partial charge in [-0.05, 0) is 24.5 Å². The van der Waals surface area contributed by atoms with Crippen LogP contribution in [0.1, 0.15) is 18.4 Å². The number of anilines is 1. The molecule has 0 unspecified atom stereocenters. The first-order valence-corrected chi connectivity index (χ1v) is 4.29. The van der Waals surface area contributed by atoms with Crippen molar-refractivity contribution in [1.29, 1.82) is 0 Å². The van der Waals surface area contributed by atoms with Crippen molar-refractivity contribution in [3.8, 4) is 0 Å². The Hall–Kier alpha value is -0.550. The molecule has 0 bridgehead atoms. The highest BCUT2D eigenvalue weighted by molar-refractivity contribution is 5.85. The SMILES string of the molecule is Cl.Cl.NCc1ccncc1NC1CC1.O. The Balaban J connectivity index is 0. The summed E-state index contributed by atoms with van der Waals surface area (Å²) in [5, 5.41) is 3.39. The lowest BCUT2D eigenvalue weighted by Gasteiger charge is -2.07. The fourth-order valence-electron chi connectivity index (χ4n) is 1.18. The molecule has 0 aliphatic heterocycles. The third kappa shape index (κ3) is 4.66. The van der Waals surface area contributed by atoms with Gasteiger partial charge >= 0.3 is 0 Å². The maximum Gasteiger partial charge on any atom is 0.0574 e. The second-order valence-electron chi connectivity index (χ2n) is 3.16. The van der Waals surface area contributed by atoms with E-state index in [0.29, 0.717) is 12.6 Å². The molecule has 1 saturated carbocycles. The van der Waals surface area contributed by atoms with Crippen LogP contribution in [-0.4, -0.2) is 16.5 Å². The molecule has 2 rings (SSSR count). The molecule has 4 nitrogen and oxygen atoms in total. The van der Waals surface area contributed by atoms with E-state index in [1.807, 2.05) is 12.3 Å². The standard InChI is InChI=1S/C9H13N3.2ClH.H2O/c10-5-7-3-4-11-6-9(7)12-8-1-2-8;;;/h3-4,6,8,12H,1-2,5,10H2;2*1H;1H2. The van der Waals surface area contributed by atoms with E-state index in [9.17, 15) is 0 Å². The highest BCUT2D eigenvalue weighted by Gasteiger charge is 2.21. The fraction of sp³-hybridized carbons (Fsp3) is 0.444. The van der Waals surface area contributed by atoms with Crippen molar-refractivity contribution in [2.45, 2.75) is 25.4 Å². The summed E-state index contributed by atoms with van der Waals surface area (Å²) >= 11 is 0. The van der Waals surface area contributed by atoms with Crippen molar-refractivity contribution >= 4 is 30.5 Å². The van der Waals surface area contributed by atoms with Crippen LogP contribution in [0.15, 0.2) is 18.5 Å². The first-order valence-electron chi connectivity index (χ1n) is 4.29. The average molecular weight is 254 g/mol. The van der Waals surface area contributed by atoms with Crippen molar-refractivity contribution in [2.75, 3.05) is 5.32 Å². The summed E-state index contributed by atoms with van der Waals surface area (Å²) in [6.07, 6.45) is 6.18. The van der Waals surface area contributed by atoms with E-state index in [1.165, 1.54) is 12.8 Å². The number of halogens is 2. The minimum absolute atomic E-state index is 0. The Bertz CT molecular complexity index is 282. The molecule has 1 aromatic rings. The molecule has 0 spiro atoms. The highest BCUT2D eigenvalue weighted by atomic mass is 35.5. The van der Waals surface area contributed by atoms with Gasteiger partial charge in [0.15, 0.2) is 0 Å². The van der Waals surface area contributed by atoms with E-state index in [4.69, 9.17) is 5.73 Å². The van der Waals surface area contributed by atoms with Crippen molar-refractivity contribution < 1.29 is 5.48 Å². The molecule has 15 heavy (non-hydrogen) atoms. The van der Waals surface area contributed by atoms with E-state index in [0.717, 1.165) is 11.3 Å². The van der Waals surface area contributed by atoms with Gasteiger partial charge in [0.25, 0.3) is 0 Å². The highest BCUT2D eigenvalue weighted by Crippen LogP contribution is 2.25. The number of hydrogen-bond donors (Lipinski definition) is 2. The van der Waals surface area contributed by atoms with E-state index in [2.05, 4.69) is 10.3 Å². The molecule has 0 radical (unpaired) electrons. The monoisotopic (exact) mass is 253 g/mol. The Morgan fingerprint density at radius 3 is 2.60 bits per heavy atom. The van der Waals surface area contributed by atoms with Gasteiger partial charge < -0.3 is 16.5 Å². The van der Waals surface area contributed by atoms with Gasteiger partial charge in [-0.1, -0.05) is 0 Å². The van der Waals surface area contributed by atoms with Gasteiger partial charge in [0.1, 0.15) is 0 Å². The quantitative estimate of drug-likeness (QED) is 0.848. The van der Waals surface area contributed by atoms with Gasteiger partial charge in [-0.2, -0.15) is 0 Å². The van der Waals surface area contributed by atoms with Gasteiger partial charge in [-0.15, -0.1) is 24.8 Å². The maximum atomic E-state index is 5.58. The summed E-state index contributed by atoms with van der Waals surface area (Å²) in [6.45, 7) is 0.581. The predicted molar refractivity (Wildman–Crippen MR) is 66.9 cm³/mol. The first kappa shape index (κ1) is 16.9. The molecule has 1 fully saturated rings. The third-order valence-corrected chi connectivity index (χ3v) is 2.07. The zero-order valence-corrected chi connectivity index (χ0v) is 9.90. The van der Waals surface area contributed by atoms with E-state index in [-0.39, 0.29) is 30.3 Å². The van der Waals surface area contributed by atoms with Crippen LogP contribution >= 0.6 is 24.8 Å². The summed E-state index contributed by atoms with van der Waals surface area (Å²) in [5.74, 6) is 0. The van der Waals surface area contributed by atoms with Crippen LogP contribution in [0.2, 0.25) is 0 Å². The van der Waals surface area contributed by atoms with E-state index >= 15 is 0 Å². The first-order chi connectivity index (χ1) is 5.90. The van der Waals surface area contributed by atoms with E-state index in [1.54, 1.807) is 6.20 Å². The number of nitrogens with two attached hydrogens (primary N) is 1. The lowest BCUT2D eigenvalue weighted by Crippen LogP contribution is -2.07. The molecule has 1 aliphatic rings. The molecule has 6 heteroatoms. The van der Waals surface area contributed by atoms with Crippen molar-refractivity contribution in [2.24, 2.45) is 5.73 Å². The minimum Gasteiger partial charge on any atom is -0.412 e. The molecule has 0 amide bonds. The molecule has 1 aromatic heterocycles.